The molecule has 1 aliphatic heterocycles. The number of nitrogens with one attached hydrogen (secondary N) is 1. The number of rotatable bonds is 3. The van der Waals surface area contributed by atoms with Crippen LogP contribution in [-0.4, -0.2) is 36.6 Å². The van der Waals surface area contributed by atoms with Crippen LogP contribution in [0.3, 0.4) is 0 Å². The molecule has 0 aromatic carbocycles. The highest BCUT2D eigenvalue weighted by molar-refractivity contribution is 9.11. The third-order valence-electron chi connectivity index (χ3n) is 3.38. The summed E-state index contributed by atoms with van der Waals surface area (Å²) in [6, 6.07) is 0. The van der Waals surface area contributed by atoms with Crippen molar-refractivity contribution in [3.63, 3.8) is 0 Å². The normalized spacial score (nSPS) is 34.4. The van der Waals surface area contributed by atoms with Gasteiger partial charge in [-0.25, -0.2) is 0 Å². The Kier molecular flexibility index (Phi) is 3.01. The fourth-order valence-corrected chi connectivity index (χ4v) is 2.83. The largest absolute Gasteiger partial charge is 0.309 e. The lowest BCUT2D eigenvalue weighted by Crippen LogP contribution is -2.60. The van der Waals surface area contributed by atoms with Crippen molar-refractivity contribution >= 4 is 15.9 Å². The number of hydrogen-bond acceptors (Lipinski definition) is 2. The van der Waals surface area contributed by atoms with E-state index in [1.807, 2.05) is 0 Å². The third-order valence-corrected chi connectivity index (χ3v) is 3.63. The first-order chi connectivity index (χ1) is 6.60. The molecule has 0 bridgehead atoms. The van der Waals surface area contributed by atoms with Gasteiger partial charge in [-0.3, -0.25) is 4.90 Å². The van der Waals surface area contributed by atoms with E-state index in [9.17, 15) is 0 Å². The van der Waals surface area contributed by atoms with E-state index in [1.54, 1.807) is 0 Å². The molecule has 0 spiro atoms. The van der Waals surface area contributed by atoms with Crippen LogP contribution in [0.2, 0.25) is 0 Å². The Balaban J connectivity index is 1.92. The molecule has 1 saturated carbocycles. The van der Waals surface area contributed by atoms with Gasteiger partial charge in [-0.05, 0) is 25.7 Å². The summed E-state index contributed by atoms with van der Waals surface area (Å²) in [5.41, 5.74) is 0.362. The molecule has 0 amide bonds. The lowest BCUT2D eigenvalue weighted by atomic mass is 9.93. The minimum Gasteiger partial charge on any atom is -0.309 e. The van der Waals surface area contributed by atoms with E-state index in [1.165, 1.54) is 19.4 Å². The fourth-order valence-electron chi connectivity index (χ4n) is 2.47. The minimum atomic E-state index is 0.362. The first-order valence-corrected chi connectivity index (χ1v) is 6.20. The summed E-state index contributed by atoms with van der Waals surface area (Å²) >= 11 is 3.44. The fraction of sp³-hybridized carbons (Fsp3) is 0.818. The van der Waals surface area contributed by atoms with Gasteiger partial charge in [-0.1, -0.05) is 22.5 Å². The quantitative estimate of drug-likeness (QED) is 0.833. The molecule has 2 rings (SSSR count). The molecular weight excluding hydrogens is 240 g/mol. The molecule has 1 atom stereocenters. The van der Waals surface area contributed by atoms with Crippen molar-refractivity contribution in [2.45, 2.75) is 25.3 Å². The molecule has 0 aromatic heterocycles. The van der Waals surface area contributed by atoms with Crippen LogP contribution in [0.15, 0.2) is 11.1 Å². The summed E-state index contributed by atoms with van der Waals surface area (Å²) in [6.45, 7) is 10.7. The van der Waals surface area contributed by atoms with Gasteiger partial charge < -0.3 is 5.32 Å². The maximum Gasteiger partial charge on any atom is 0.0309 e. The molecule has 0 radical (unpaired) electrons. The van der Waals surface area contributed by atoms with Gasteiger partial charge in [-0.2, -0.15) is 0 Å². The van der Waals surface area contributed by atoms with Crippen LogP contribution in [0.25, 0.3) is 0 Å². The molecule has 2 nitrogen and oxygen atoms in total. The van der Waals surface area contributed by atoms with Crippen molar-refractivity contribution < 1.29 is 0 Å². The Hall–Kier alpha value is 0.140. The second kappa shape index (κ2) is 3.95. The lowest BCUT2D eigenvalue weighted by molar-refractivity contribution is 0.138. The van der Waals surface area contributed by atoms with Crippen molar-refractivity contribution in [3.05, 3.63) is 11.1 Å². The van der Waals surface area contributed by atoms with Gasteiger partial charge in [-0.15, -0.1) is 0 Å². The Bertz CT molecular complexity index is 237. The van der Waals surface area contributed by atoms with Crippen molar-refractivity contribution in [2.75, 3.05) is 26.2 Å². The molecule has 3 heteroatoms. The van der Waals surface area contributed by atoms with Gasteiger partial charge in [0.05, 0.1) is 0 Å². The number of halogens is 1. The molecule has 80 valence electrons. The van der Waals surface area contributed by atoms with Crippen molar-refractivity contribution in [2.24, 2.45) is 5.92 Å². The zero-order valence-corrected chi connectivity index (χ0v) is 10.4. The minimum absolute atomic E-state index is 0.362. The van der Waals surface area contributed by atoms with Crippen LogP contribution in [0.5, 0.6) is 0 Å². The Labute approximate surface area is 94.9 Å². The summed E-state index contributed by atoms with van der Waals surface area (Å²) in [6.07, 6.45) is 2.82. The van der Waals surface area contributed by atoms with Crippen LogP contribution in [0, 0.1) is 5.92 Å². The molecule has 0 aromatic rings. The lowest BCUT2D eigenvalue weighted by Gasteiger charge is -2.42. The highest BCUT2D eigenvalue weighted by atomic mass is 79.9. The summed E-state index contributed by atoms with van der Waals surface area (Å²) in [4.78, 5) is 2.49. The van der Waals surface area contributed by atoms with Crippen LogP contribution in [0.1, 0.15) is 19.8 Å². The Morgan fingerprint density at radius 2 is 2.36 bits per heavy atom. The summed E-state index contributed by atoms with van der Waals surface area (Å²) in [5, 5.41) is 3.67. The van der Waals surface area contributed by atoms with Crippen LogP contribution in [0.4, 0.5) is 0 Å². The zero-order valence-electron chi connectivity index (χ0n) is 8.85. The smallest absolute Gasteiger partial charge is 0.0309 e. The Morgan fingerprint density at radius 3 is 2.93 bits per heavy atom. The monoisotopic (exact) mass is 258 g/mol. The Morgan fingerprint density at radius 1 is 1.64 bits per heavy atom. The summed E-state index contributed by atoms with van der Waals surface area (Å²) in [7, 11) is 0. The predicted molar refractivity (Wildman–Crippen MR) is 63.6 cm³/mol. The van der Waals surface area contributed by atoms with Crippen LogP contribution >= 0.6 is 15.9 Å². The van der Waals surface area contributed by atoms with Crippen molar-refractivity contribution in [1.82, 2.24) is 10.2 Å². The topological polar surface area (TPSA) is 15.3 Å². The predicted octanol–water partition coefficient (Wildman–Crippen LogP) is 1.97. The van der Waals surface area contributed by atoms with Gasteiger partial charge in [0.1, 0.15) is 0 Å². The van der Waals surface area contributed by atoms with Gasteiger partial charge in [0.25, 0.3) is 0 Å². The van der Waals surface area contributed by atoms with Crippen LogP contribution < -0.4 is 5.32 Å². The zero-order chi connectivity index (χ0) is 10.2. The van der Waals surface area contributed by atoms with E-state index in [2.05, 4.69) is 39.6 Å². The highest BCUT2D eigenvalue weighted by Gasteiger charge is 2.43. The van der Waals surface area contributed by atoms with E-state index in [0.717, 1.165) is 30.0 Å². The molecular formula is C11H19BrN2. The molecule has 14 heavy (non-hydrogen) atoms. The first kappa shape index (κ1) is 10.7. The molecule has 1 saturated heterocycles. The van der Waals surface area contributed by atoms with E-state index >= 15 is 0 Å². The standard InChI is InChI=1S/C11H19BrN2/c1-9(12)7-14-6-5-13-11(2,8-14)10-3-4-10/h10,13H,1,3-8H2,2H3. The van der Waals surface area contributed by atoms with Gasteiger partial charge in [0.2, 0.25) is 0 Å². The average Bonchev–Trinajstić information content (AvgIpc) is 2.84. The SMILES string of the molecule is C=C(Br)CN1CCNC(C)(C2CC2)C1. The molecule has 1 heterocycles. The van der Waals surface area contributed by atoms with E-state index in [0.29, 0.717) is 5.54 Å². The molecule has 2 fully saturated rings. The molecule has 1 unspecified atom stereocenters. The third kappa shape index (κ3) is 2.38. The van der Waals surface area contributed by atoms with Crippen molar-refractivity contribution in [1.29, 1.82) is 0 Å². The summed E-state index contributed by atoms with van der Waals surface area (Å²) < 4.78 is 1.09. The van der Waals surface area contributed by atoms with E-state index < -0.39 is 0 Å². The number of piperazine rings is 1. The average molecular weight is 259 g/mol. The van der Waals surface area contributed by atoms with Crippen molar-refractivity contribution in [3.8, 4) is 0 Å². The van der Waals surface area contributed by atoms with Gasteiger partial charge in [0.15, 0.2) is 0 Å². The molecule has 2 aliphatic rings. The number of hydrogen-bond donors (Lipinski definition) is 1. The maximum atomic E-state index is 3.91. The number of nitrogens with zero attached hydrogens (tertiary/aromatic N) is 1. The molecule has 1 aliphatic carbocycles. The van der Waals surface area contributed by atoms with Gasteiger partial charge >= 0.3 is 0 Å². The second-order valence-corrected chi connectivity index (χ2v) is 5.97. The second-order valence-electron chi connectivity index (χ2n) is 4.85. The summed E-state index contributed by atoms with van der Waals surface area (Å²) in [5.74, 6) is 0.911. The first-order valence-electron chi connectivity index (χ1n) is 5.41. The van der Waals surface area contributed by atoms with E-state index in [4.69, 9.17) is 0 Å². The molecule has 1 N–H and O–H groups in total. The van der Waals surface area contributed by atoms with Gasteiger partial charge in [0, 0.05) is 36.2 Å². The maximum absolute atomic E-state index is 3.91. The highest BCUT2D eigenvalue weighted by Crippen LogP contribution is 2.40. The van der Waals surface area contributed by atoms with E-state index in [-0.39, 0.29) is 0 Å². The van der Waals surface area contributed by atoms with Crippen LogP contribution in [-0.2, 0) is 0 Å².